The fraction of sp³-hybridized carbons (Fsp3) is 0.154. The molecule has 0 aliphatic carbocycles. The van der Waals surface area contributed by atoms with E-state index in [2.05, 4.69) is 6.58 Å². The number of hydrogen-bond donors (Lipinski definition) is 1. The van der Waals surface area contributed by atoms with E-state index in [4.69, 9.17) is 14.6 Å². The third kappa shape index (κ3) is 5.41. The fourth-order valence-corrected chi connectivity index (χ4v) is 1.13. The Bertz CT molecular complexity index is 392. The summed E-state index contributed by atoms with van der Waals surface area (Å²) >= 11 is 0. The Balaban J connectivity index is 2.44. The number of hydrogen-bond acceptors (Lipinski definition) is 3. The fourth-order valence-electron chi connectivity index (χ4n) is 1.13. The number of rotatable bonds is 7. The highest BCUT2D eigenvalue weighted by Crippen LogP contribution is 2.13. The smallest absolute Gasteiger partial charge is 0.328 e. The highest BCUT2D eigenvalue weighted by molar-refractivity contribution is 5.85. The van der Waals surface area contributed by atoms with Crippen LogP contribution in [0.5, 0.6) is 5.75 Å². The van der Waals surface area contributed by atoms with Crippen LogP contribution >= 0.6 is 0 Å². The van der Waals surface area contributed by atoms with Gasteiger partial charge in [0.25, 0.3) is 0 Å². The van der Waals surface area contributed by atoms with Gasteiger partial charge >= 0.3 is 5.97 Å². The molecule has 0 aliphatic rings. The third-order valence-electron chi connectivity index (χ3n) is 1.89. The van der Waals surface area contributed by atoms with Gasteiger partial charge in [-0.25, -0.2) is 4.79 Å². The molecule has 0 unspecified atom stereocenters. The van der Waals surface area contributed by atoms with Crippen LogP contribution in [0.2, 0.25) is 0 Å². The van der Waals surface area contributed by atoms with Crippen molar-refractivity contribution in [3.05, 3.63) is 48.7 Å². The first-order valence-corrected chi connectivity index (χ1v) is 5.09. The Kier molecular flexibility index (Phi) is 5.37. The van der Waals surface area contributed by atoms with Crippen LogP contribution in [0.4, 0.5) is 0 Å². The standard InChI is InChI=1S/C13H14O4/c1-2-16-9-10-17-12-6-3-11(4-7-12)5-8-13(14)15/h2-8H,1,9-10H2,(H,14,15)/b8-5+. The first kappa shape index (κ1) is 12.8. The maximum Gasteiger partial charge on any atom is 0.328 e. The molecule has 0 aliphatic heterocycles. The average molecular weight is 234 g/mol. The van der Waals surface area contributed by atoms with Gasteiger partial charge in [-0.3, -0.25) is 0 Å². The highest BCUT2D eigenvalue weighted by atomic mass is 16.5. The second-order valence-electron chi connectivity index (χ2n) is 3.13. The van der Waals surface area contributed by atoms with Crippen LogP contribution in [0.15, 0.2) is 43.2 Å². The molecule has 4 nitrogen and oxygen atoms in total. The SMILES string of the molecule is C=COCCOc1ccc(/C=C/C(=O)O)cc1. The zero-order chi connectivity index (χ0) is 12.5. The predicted molar refractivity (Wildman–Crippen MR) is 64.8 cm³/mol. The predicted octanol–water partition coefficient (Wildman–Crippen LogP) is 2.32. The van der Waals surface area contributed by atoms with Crippen LogP contribution in [0.3, 0.4) is 0 Å². The Morgan fingerprint density at radius 2 is 2.00 bits per heavy atom. The van der Waals surface area contributed by atoms with E-state index >= 15 is 0 Å². The molecule has 0 spiro atoms. The molecule has 0 fully saturated rings. The van der Waals surface area contributed by atoms with Gasteiger partial charge in [0.1, 0.15) is 19.0 Å². The van der Waals surface area contributed by atoms with Crippen molar-refractivity contribution >= 4 is 12.0 Å². The Morgan fingerprint density at radius 1 is 1.29 bits per heavy atom. The van der Waals surface area contributed by atoms with E-state index in [0.717, 1.165) is 11.6 Å². The van der Waals surface area contributed by atoms with Crippen molar-refractivity contribution < 1.29 is 19.4 Å². The summed E-state index contributed by atoms with van der Waals surface area (Å²) in [7, 11) is 0. The second-order valence-corrected chi connectivity index (χ2v) is 3.13. The molecule has 17 heavy (non-hydrogen) atoms. The summed E-state index contributed by atoms with van der Waals surface area (Å²) in [5.41, 5.74) is 0.807. The number of ether oxygens (including phenoxy) is 2. The molecule has 0 bridgehead atoms. The molecule has 0 saturated carbocycles. The lowest BCUT2D eigenvalue weighted by molar-refractivity contribution is -0.131. The normalized spacial score (nSPS) is 10.1. The number of benzene rings is 1. The van der Waals surface area contributed by atoms with Crippen molar-refractivity contribution in [2.75, 3.05) is 13.2 Å². The van der Waals surface area contributed by atoms with Crippen molar-refractivity contribution in [3.8, 4) is 5.75 Å². The largest absolute Gasteiger partial charge is 0.498 e. The number of carbonyl (C=O) groups is 1. The van der Waals surface area contributed by atoms with Crippen molar-refractivity contribution in [1.29, 1.82) is 0 Å². The maximum atomic E-state index is 10.3. The lowest BCUT2D eigenvalue weighted by Crippen LogP contribution is -2.03. The molecule has 0 radical (unpaired) electrons. The van der Waals surface area contributed by atoms with Crippen molar-refractivity contribution in [2.45, 2.75) is 0 Å². The topological polar surface area (TPSA) is 55.8 Å². The molecule has 1 rings (SSSR count). The van der Waals surface area contributed by atoms with Crippen LogP contribution < -0.4 is 4.74 Å². The van der Waals surface area contributed by atoms with E-state index in [1.807, 2.05) is 0 Å². The molecular formula is C13H14O4. The van der Waals surface area contributed by atoms with Gasteiger partial charge in [0.15, 0.2) is 0 Å². The van der Waals surface area contributed by atoms with E-state index in [0.29, 0.717) is 19.0 Å². The van der Waals surface area contributed by atoms with Crippen LogP contribution in [0.25, 0.3) is 6.08 Å². The molecule has 1 aromatic rings. The molecule has 1 N–H and O–H groups in total. The van der Waals surface area contributed by atoms with Gasteiger partial charge in [0, 0.05) is 6.08 Å². The van der Waals surface area contributed by atoms with Gasteiger partial charge < -0.3 is 14.6 Å². The molecule has 0 atom stereocenters. The lowest BCUT2D eigenvalue weighted by atomic mass is 10.2. The molecular weight excluding hydrogens is 220 g/mol. The van der Waals surface area contributed by atoms with Crippen molar-refractivity contribution in [3.63, 3.8) is 0 Å². The van der Waals surface area contributed by atoms with E-state index in [1.165, 1.54) is 12.3 Å². The summed E-state index contributed by atoms with van der Waals surface area (Å²) in [5.74, 6) is -0.253. The second kappa shape index (κ2) is 7.11. The summed E-state index contributed by atoms with van der Waals surface area (Å²) < 4.78 is 10.3. The maximum absolute atomic E-state index is 10.3. The van der Waals surface area contributed by atoms with Gasteiger partial charge in [0.2, 0.25) is 0 Å². The average Bonchev–Trinajstić information content (AvgIpc) is 2.33. The Labute approximate surface area is 99.8 Å². The quantitative estimate of drug-likeness (QED) is 0.447. The van der Waals surface area contributed by atoms with E-state index < -0.39 is 5.97 Å². The molecule has 4 heteroatoms. The van der Waals surface area contributed by atoms with E-state index in [9.17, 15) is 4.79 Å². The third-order valence-corrected chi connectivity index (χ3v) is 1.89. The molecule has 0 aromatic heterocycles. The van der Waals surface area contributed by atoms with E-state index in [1.54, 1.807) is 24.3 Å². The number of carboxylic acid groups (broad SMARTS) is 1. The first-order valence-electron chi connectivity index (χ1n) is 5.09. The minimum Gasteiger partial charge on any atom is -0.498 e. The lowest BCUT2D eigenvalue weighted by Gasteiger charge is -2.05. The zero-order valence-electron chi connectivity index (χ0n) is 9.33. The van der Waals surface area contributed by atoms with Gasteiger partial charge in [0.05, 0.1) is 6.26 Å². The van der Waals surface area contributed by atoms with Crippen LogP contribution in [-0.4, -0.2) is 24.3 Å². The summed E-state index contributed by atoms with van der Waals surface area (Å²) in [6, 6.07) is 7.11. The van der Waals surface area contributed by atoms with Crippen LogP contribution in [0.1, 0.15) is 5.56 Å². The van der Waals surface area contributed by atoms with Crippen molar-refractivity contribution in [2.24, 2.45) is 0 Å². The molecule has 0 saturated heterocycles. The van der Waals surface area contributed by atoms with E-state index in [-0.39, 0.29) is 0 Å². The number of carboxylic acids is 1. The van der Waals surface area contributed by atoms with Crippen LogP contribution in [0, 0.1) is 0 Å². The Hall–Kier alpha value is -2.23. The van der Waals surface area contributed by atoms with Crippen LogP contribution in [-0.2, 0) is 9.53 Å². The highest BCUT2D eigenvalue weighted by Gasteiger charge is 1.94. The molecule has 0 heterocycles. The summed E-state index contributed by atoms with van der Waals surface area (Å²) in [6.07, 6.45) is 3.98. The monoisotopic (exact) mass is 234 g/mol. The Morgan fingerprint density at radius 3 is 2.59 bits per heavy atom. The van der Waals surface area contributed by atoms with Gasteiger partial charge in [-0.1, -0.05) is 18.7 Å². The summed E-state index contributed by atoms with van der Waals surface area (Å²) in [4.78, 5) is 10.3. The van der Waals surface area contributed by atoms with Gasteiger partial charge in [-0.05, 0) is 23.8 Å². The van der Waals surface area contributed by atoms with Crippen molar-refractivity contribution in [1.82, 2.24) is 0 Å². The minimum absolute atomic E-state index is 0.441. The molecule has 90 valence electrons. The molecule has 0 amide bonds. The zero-order valence-corrected chi connectivity index (χ0v) is 9.33. The molecule has 1 aromatic carbocycles. The number of aliphatic carboxylic acids is 1. The minimum atomic E-state index is -0.966. The summed E-state index contributed by atoms with van der Waals surface area (Å²) in [6.45, 7) is 4.31. The van der Waals surface area contributed by atoms with Gasteiger partial charge in [-0.2, -0.15) is 0 Å². The first-order chi connectivity index (χ1) is 8.22. The van der Waals surface area contributed by atoms with Gasteiger partial charge in [-0.15, -0.1) is 0 Å². The summed E-state index contributed by atoms with van der Waals surface area (Å²) in [5, 5.41) is 8.46.